The molecule has 0 saturated carbocycles. The zero-order chi connectivity index (χ0) is 15.6. The van der Waals surface area contributed by atoms with Gasteiger partial charge in [-0.3, -0.25) is 0 Å². The number of hydrogen-bond acceptors (Lipinski definition) is 4. The van der Waals surface area contributed by atoms with Crippen molar-refractivity contribution in [2.75, 3.05) is 11.9 Å². The lowest BCUT2D eigenvalue weighted by Gasteiger charge is -2.13. The van der Waals surface area contributed by atoms with Crippen LogP contribution in [0.15, 0.2) is 42.7 Å². The van der Waals surface area contributed by atoms with Gasteiger partial charge in [-0.2, -0.15) is 0 Å². The van der Waals surface area contributed by atoms with Crippen molar-refractivity contribution in [1.29, 1.82) is 0 Å². The van der Waals surface area contributed by atoms with Crippen LogP contribution < -0.4 is 10.6 Å². The maximum absolute atomic E-state index is 4.33. The SMILES string of the molecule is CCCNc1ncc(CN[C@@H](C)CCc2ccccc2)cn1. The highest BCUT2D eigenvalue weighted by molar-refractivity contribution is 5.24. The first-order valence-electron chi connectivity index (χ1n) is 8.10. The van der Waals surface area contributed by atoms with Crippen LogP contribution in [0.3, 0.4) is 0 Å². The van der Waals surface area contributed by atoms with Gasteiger partial charge in [0, 0.05) is 37.1 Å². The minimum atomic E-state index is 0.470. The van der Waals surface area contributed by atoms with E-state index in [-0.39, 0.29) is 0 Å². The number of rotatable bonds is 9. The number of anilines is 1. The first-order chi connectivity index (χ1) is 10.8. The van der Waals surface area contributed by atoms with Crippen molar-refractivity contribution in [1.82, 2.24) is 15.3 Å². The molecule has 0 amide bonds. The van der Waals surface area contributed by atoms with Crippen LogP contribution in [-0.4, -0.2) is 22.6 Å². The molecule has 0 radical (unpaired) electrons. The lowest BCUT2D eigenvalue weighted by molar-refractivity contribution is 0.513. The Morgan fingerprint density at radius 3 is 2.45 bits per heavy atom. The summed E-state index contributed by atoms with van der Waals surface area (Å²) in [6.07, 6.45) is 7.09. The number of hydrogen-bond donors (Lipinski definition) is 2. The molecule has 0 aliphatic carbocycles. The highest BCUT2D eigenvalue weighted by atomic mass is 15.1. The fourth-order valence-corrected chi connectivity index (χ4v) is 2.20. The van der Waals surface area contributed by atoms with E-state index in [4.69, 9.17) is 0 Å². The molecule has 1 heterocycles. The largest absolute Gasteiger partial charge is 0.354 e. The van der Waals surface area contributed by atoms with Gasteiger partial charge in [-0.05, 0) is 31.7 Å². The second kappa shape index (κ2) is 9.15. The van der Waals surface area contributed by atoms with Crippen molar-refractivity contribution in [3.63, 3.8) is 0 Å². The van der Waals surface area contributed by atoms with Crippen LogP contribution in [0.2, 0.25) is 0 Å². The van der Waals surface area contributed by atoms with Gasteiger partial charge in [-0.25, -0.2) is 9.97 Å². The van der Waals surface area contributed by atoms with Crippen LogP contribution in [0.25, 0.3) is 0 Å². The third-order valence-electron chi connectivity index (χ3n) is 3.60. The summed E-state index contributed by atoms with van der Waals surface area (Å²) in [4.78, 5) is 8.65. The van der Waals surface area contributed by atoms with Gasteiger partial charge < -0.3 is 10.6 Å². The van der Waals surface area contributed by atoms with Crippen molar-refractivity contribution < 1.29 is 0 Å². The third-order valence-corrected chi connectivity index (χ3v) is 3.60. The Bertz CT molecular complexity index is 525. The topological polar surface area (TPSA) is 49.8 Å². The van der Waals surface area contributed by atoms with E-state index in [0.717, 1.165) is 37.9 Å². The van der Waals surface area contributed by atoms with Crippen LogP contribution in [-0.2, 0) is 13.0 Å². The molecule has 4 nitrogen and oxygen atoms in total. The molecule has 1 aromatic carbocycles. The van der Waals surface area contributed by atoms with Gasteiger partial charge >= 0.3 is 0 Å². The second-order valence-electron chi connectivity index (χ2n) is 5.65. The molecule has 0 saturated heterocycles. The van der Waals surface area contributed by atoms with Crippen LogP contribution in [0.1, 0.15) is 37.8 Å². The highest BCUT2D eigenvalue weighted by Crippen LogP contribution is 2.06. The fraction of sp³-hybridized carbons (Fsp3) is 0.444. The van der Waals surface area contributed by atoms with Crippen molar-refractivity contribution >= 4 is 5.95 Å². The molecule has 0 aliphatic heterocycles. The molecule has 4 heteroatoms. The number of nitrogens with zero attached hydrogens (tertiary/aromatic N) is 2. The summed E-state index contributed by atoms with van der Waals surface area (Å²) in [6.45, 7) is 6.07. The minimum absolute atomic E-state index is 0.470. The quantitative estimate of drug-likeness (QED) is 0.745. The van der Waals surface area contributed by atoms with Crippen molar-refractivity contribution in [2.45, 2.75) is 45.7 Å². The molecule has 1 aromatic heterocycles. The monoisotopic (exact) mass is 298 g/mol. The van der Waals surface area contributed by atoms with E-state index in [1.807, 2.05) is 12.4 Å². The first kappa shape index (κ1) is 16.4. The molecule has 2 N–H and O–H groups in total. The Hall–Kier alpha value is -1.94. The summed E-state index contributed by atoms with van der Waals surface area (Å²) in [6, 6.07) is 11.1. The summed E-state index contributed by atoms with van der Waals surface area (Å²) in [5.41, 5.74) is 2.51. The Labute approximate surface area is 133 Å². The van der Waals surface area contributed by atoms with E-state index in [2.05, 4.69) is 64.8 Å². The fourth-order valence-electron chi connectivity index (χ4n) is 2.20. The Kier molecular flexibility index (Phi) is 6.84. The van der Waals surface area contributed by atoms with Crippen LogP contribution in [0.4, 0.5) is 5.95 Å². The second-order valence-corrected chi connectivity index (χ2v) is 5.65. The highest BCUT2D eigenvalue weighted by Gasteiger charge is 2.03. The predicted molar refractivity (Wildman–Crippen MR) is 91.9 cm³/mol. The van der Waals surface area contributed by atoms with E-state index in [0.29, 0.717) is 12.0 Å². The average Bonchev–Trinajstić information content (AvgIpc) is 2.58. The number of nitrogens with one attached hydrogen (secondary N) is 2. The minimum Gasteiger partial charge on any atom is -0.354 e. The molecule has 2 aromatic rings. The molecule has 22 heavy (non-hydrogen) atoms. The van der Waals surface area contributed by atoms with Crippen molar-refractivity contribution in [2.24, 2.45) is 0 Å². The summed E-state index contributed by atoms with van der Waals surface area (Å²) < 4.78 is 0. The first-order valence-corrected chi connectivity index (χ1v) is 8.10. The molecule has 0 spiro atoms. The van der Waals surface area contributed by atoms with E-state index in [1.165, 1.54) is 5.56 Å². The number of aromatic nitrogens is 2. The lowest BCUT2D eigenvalue weighted by atomic mass is 10.1. The summed E-state index contributed by atoms with van der Waals surface area (Å²) >= 11 is 0. The summed E-state index contributed by atoms with van der Waals surface area (Å²) in [7, 11) is 0. The molecule has 0 fully saturated rings. The predicted octanol–water partition coefficient (Wildman–Crippen LogP) is 3.41. The van der Waals surface area contributed by atoms with Crippen molar-refractivity contribution in [3.05, 3.63) is 53.9 Å². The standard InChI is InChI=1S/C18H26N4/c1-3-11-19-18-21-13-17(14-22-18)12-20-15(2)9-10-16-7-5-4-6-8-16/h4-8,13-15,20H,3,9-12H2,1-2H3,(H,19,21,22)/t15-/m0/s1. The smallest absolute Gasteiger partial charge is 0.222 e. The van der Waals surface area contributed by atoms with E-state index in [9.17, 15) is 0 Å². The molecule has 0 aliphatic rings. The molecular formula is C18H26N4. The summed E-state index contributed by atoms with van der Waals surface area (Å²) in [5.74, 6) is 0.711. The molecule has 2 rings (SSSR count). The normalized spacial score (nSPS) is 12.1. The maximum Gasteiger partial charge on any atom is 0.222 e. The van der Waals surface area contributed by atoms with Crippen LogP contribution in [0, 0.1) is 0 Å². The number of benzene rings is 1. The molecule has 0 unspecified atom stereocenters. The Morgan fingerprint density at radius 2 is 1.77 bits per heavy atom. The molecular weight excluding hydrogens is 272 g/mol. The van der Waals surface area contributed by atoms with E-state index >= 15 is 0 Å². The van der Waals surface area contributed by atoms with Gasteiger partial charge in [-0.1, -0.05) is 37.3 Å². The molecule has 0 bridgehead atoms. The van der Waals surface area contributed by atoms with Gasteiger partial charge in [0.1, 0.15) is 0 Å². The van der Waals surface area contributed by atoms with Gasteiger partial charge in [0.25, 0.3) is 0 Å². The van der Waals surface area contributed by atoms with E-state index in [1.54, 1.807) is 0 Å². The Morgan fingerprint density at radius 1 is 1.05 bits per heavy atom. The van der Waals surface area contributed by atoms with Gasteiger partial charge in [0.15, 0.2) is 0 Å². The van der Waals surface area contributed by atoms with Gasteiger partial charge in [-0.15, -0.1) is 0 Å². The zero-order valence-electron chi connectivity index (χ0n) is 13.5. The average molecular weight is 298 g/mol. The summed E-state index contributed by atoms with van der Waals surface area (Å²) in [5, 5.41) is 6.71. The third kappa shape index (κ3) is 5.82. The molecule has 118 valence electrons. The number of aryl methyl sites for hydroxylation is 1. The van der Waals surface area contributed by atoms with Crippen molar-refractivity contribution in [3.8, 4) is 0 Å². The van der Waals surface area contributed by atoms with Gasteiger partial charge in [0.2, 0.25) is 5.95 Å². The Balaban J connectivity index is 1.70. The lowest BCUT2D eigenvalue weighted by Crippen LogP contribution is -2.26. The maximum atomic E-state index is 4.33. The van der Waals surface area contributed by atoms with Crippen LogP contribution >= 0.6 is 0 Å². The zero-order valence-corrected chi connectivity index (χ0v) is 13.5. The van der Waals surface area contributed by atoms with Crippen LogP contribution in [0.5, 0.6) is 0 Å². The van der Waals surface area contributed by atoms with Gasteiger partial charge in [0.05, 0.1) is 0 Å². The molecule has 1 atom stereocenters. The van der Waals surface area contributed by atoms with E-state index < -0.39 is 0 Å².